The maximum Gasteiger partial charge on any atom is 0.256 e. The van der Waals surface area contributed by atoms with Gasteiger partial charge in [-0.15, -0.1) is 0 Å². The molecule has 2 aliphatic carbocycles. The van der Waals surface area contributed by atoms with E-state index in [2.05, 4.69) is 5.32 Å². The van der Waals surface area contributed by atoms with E-state index in [9.17, 15) is 9.90 Å². The van der Waals surface area contributed by atoms with Crippen LogP contribution in [0.15, 0.2) is 30.3 Å². The Labute approximate surface area is 154 Å². The summed E-state index contributed by atoms with van der Waals surface area (Å²) in [5.41, 5.74) is -0.688. The first kappa shape index (κ1) is 17.3. The predicted octanol–water partition coefficient (Wildman–Crippen LogP) is 2.90. The summed E-state index contributed by atoms with van der Waals surface area (Å²) in [4.78, 5) is 13.1. The monoisotopic (exact) mass is 362 g/mol. The molecule has 3 atom stereocenters. The summed E-state index contributed by atoms with van der Waals surface area (Å²) in [6.07, 6.45) is 5.20. The number of nitrogens with one attached hydrogen (secondary N) is 1. The Morgan fingerprint density at radius 1 is 1.16 bits per heavy atom. The van der Waals surface area contributed by atoms with Crippen LogP contribution in [-0.2, 0) is 10.4 Å². The van der Waals surface area contributed by atoms with Crippen molar-refractivity contribution in [1.29, 1.82) is 0 Å². The number of carbonyl (C=O) groups is 1. The van der Waals surface area contributed by atoms with Gasteiger partial charge in [0, 0.05) is 25.6 Å². The fraction of sp³-hybridized carbons (Fsp3) is 0.650. The summed E-state index contributed by atoms with van der Waals surface area (Å²) >= 11 is 6.03. The minimum Gasteiger partial charge on any atom is -0.375 e. The number of hydrogen-bond acceptors (Lipinski definition) is 3. The second kappa shape index (κ2) is 6.90. The average molecular weight is 363 g/mol. The van der Waals surface area contributed by atoms with Crippen LogP contribution in [0, 0.1) is 23.7 Å². The molecule has 1 saturated heterocycles. The maximum atomic E-state index is 13.1. The summed E-state index contributed by atoms with van der Waals surface area (Å²) in [5.74, 6) is 1.51. The quantitative estimate of drug-likeness (QED) is 0.792. The van der Waals surface area contributed by atoms with Gasteiger partial charge in [0.15, 0.2) is 5.60 Å². The molecule has 25 heavy (non-hydrogen) atoms. The summed E-state index contributed by atoms with van der Waals surface area (Å²) < 4.78 is 1.84. The van der Waals surface area contributed by atoms with Gasteiger partial charge >= 0.3 is 0 Å². The lowest BCUT2D eigenvalue weighted by molar-refractivity contribution is -0.149. The molecule has 0 bridgehead atoms. The first-order valence-electron chi connectivity index (χ1n) is 9.57. The molecule has 3 aliphatic rings. The highest BCUT2D eigenvalue weighted by Gasteiger charge is 2.55. The van der Waals surface area contributed by atoms with Crippen LogP contribution in [0.5, 0.6) is 0 Å². The summed E-state index contributed by atoms with van der Waals surface area (Å²) in [6, 6.07) is 9.48. The van der Waals surface area contributed by atoms with Crippen molar-refractivity contribution >= 4 is 17.7 Å². The van der Waals surface area contributed by atoms with E-state index in [-0.39, 0.29) is 11.8 Å². The molecule has 4 nitrogen and oxygen atoms in total. The van der Waals surface area contributed by atoms with Gasteiger partial charge in [-0.2, -0.15) is 0 Å². The highest BCUT2D eigenvalue weighted by Crippen LogP contribution is 2.51. The molecule has 136 valence electrons. The number of amides is 1. The van der Waals surface area contributed by atoms with Crippen molar-refractivity contribution in [2.75, 3.05) is 19.6 Å². The van der Waals surface area contributed by atoms with E-state index >= 15 is 0 Å². The van der Waals surface area contributed by atoms with Crippen molar-refractivity contribution in [3.8, 4) is 0 Å². The zero-order chi connectivity index (χ0) is 17.4. The lowest BCUT2D eigenvalue weighted by atomic mass is 9.73. The molecule has 0 spiro atoms. The lowest BCUT2D eigenvalue weighted by Gasteiger charge is -2.37. The standard InChI is InChI=1S/C20H27ClN2O2/c21-23-12-17-16(18(17)13-23)11-22-19(24)20(25,14-7-3-1-4-8-14)15-9-5-2-6-10-15/h1,3-4,7-8,15-18,25H,2,5-6,9-13H2,(H,22,24). The van der Waals surface area contributed by atoms with Crippen LogP contribution >= 0.6 is 11.8 Å². The minimum atomic E-state index is -1.41. The van der Waals surface area contributed by atoms with Crippen LogP contribution < -0.4 is 5.32 Å². The Kier molecular flexibility index (Phi) is 4.78. The molecular weight excluding hydrogens is 336 g/mol. The zero-order valence-corrected chi connectivity index (χ0v) is 15.3. The maximum absolute atomic E-state index is 13.1. The minimum absolute atomic E-state index is 0.000635. The molecule has 1 aromatic rings. The number of benzene rings is 1. The molecule has 2 saturated carbocycles. The smallest absolute Gasteiger partial charge is 0.256 e. The Hall–Kier alpha value is -1.10. The molecule has 0 radical (unpaired) electrons. The van der Waals surface area contributed by atoms with E-state index in [0.29, 0.717) is 24.3 Å². The molecule has 3 fully saturated rings. The summed E-state index contributed by atoms with van der Waals surface area (Å²) in [6.45, 7) is 2.48. The van der Waals surface area contributed by atoms with Gasteiger partial charge in [0.25, 0.3) is 5.91 Å². The van der Waals surface area contributed by atoms with Crippen LogP contribution in [0.2, 0.25) is 0 Å². The molecular formula is C20H27ClN2O2. The van der Waals surface area contributed by atoms with Gasteiger partial charge in [0.2, 0.25) is 0 Å². The highest BCUT2D eigenvalue weighted by atomic mass is 35.5. The van der Waals surface area contributed by atoms with Crippen LogP contribution in [0.4, 0.5) is 0 Å². The number of halogens is 1. The molecule has 0 aromatic heterocycles. The molecule has 1 amide bonds. The van der Waals surface area contributed by atoms with E-state index in [1.807, 2.05) is 34.8 Å². The van der Waals surface area contributed by atoms with Gasteiger partial charge in [0.05, 0.1) is 0 Å². The first-order valence-corrected chi connectivity index (χ1v) is 9.91. The molecule has 1 aromatic carbocycles. The highest BCUT2D eigenvalue weighted by molar-refractivity contribution is 6.13. The Balaban J connectivity index is 1.47. The number of piperidine rings is 1. The predicted molar refractivity (Wildman–Crippen MR) is 97.8 cm³/mol. The molecule has 2 N–H and O–H groups in total. The molecule has 5 heteroatoms. The van der Waals surface area contributed by atoms with Crippen LogP contribution in [0.25, 0.3) is 0 Å². The van der Waals surface area contributed by atoms with Crippen molar-refractivity contribution in [3.63, 3.8) is 0 Å². The number of carbonyl (C=O) groups excluding carboxylic acids is 1. The second-order valence-electron chi connectivity index (χ2n) is 8.00. The van der Waals surface area contributed by atoms with Crippen molar-refractivity contribution in [2.24, 2.45) is 23.7 Å². The van der Waals surface area contributed by atoms with E-state index in [0.717, 1.165) is 44.3 Å². The number of nitrogens with zero attached hydrogens (tertiary/aromatic N) is 1. The summed E-state index contributed by atoms with van der Waals surface area (Å²) in [5, 5.41) is 14.6. The van der Waals surface area contributed by atoms with Crippen LogP contribution in [-0.4, -0.2) is 35.1 Å². The third kappa shape index (κ3) is 3.20. The average Bonchev–Trinajstić information content (AvgIpc) is 3.12. The molecule has 1 heterocycles. The molecule has 1 aliphatic heterocycles. The van der Waals surface area contributed by atoms with Gasteiger partial charge in [-0.3, -0.25) is 4.79 Å². The lowest BCUT2D eigenvalue weighted by Crippen LogP contribution is -2.50. The fourth-order valence-electron chi connectivity index (χ4n) is 5.01. The number of rotatable bonds is 5. The van der Waals surface area contributed by atoms with Crippen molar-refractivity contribution in [2.45, 2.75) is 37.7 Å². The van der Waals surface area contributed by atoms with Crippen LogP contribution in [0.1, 0.15) is 37.7 Å². The Morgan fingerprint density at radius 3 is 2.44 bits per heavy atom. The van der Waals surface area contributed by atoms with E-state index in [1.165, 1.54) is 6.42 Å². The van der Waals surface area contributed by atoms with Crippen LogP contribution in [0.3, 0.4) is 0 Å². The second-order valence-corrected chi connectivity index (χ2v) is 8.47. The summed E-state index contributed by atoms with van der Waals surface area (Å²) in [7, 11) is 0. The third-order valence-corrected chi connectivity index (χ3v) is 6.86. The van der Waals surface area contributed by atoms with Gasteiger partial charge in [0.1, 0.15) is 0 Å². The molecule has 4 rings (SSSR count). The number of aliphatic hydroxyl groups is 1. The molecule has 3 unspecified atom stereocenters. The SMILES string of the molecule is O=C(NCC1C2CN(Cl)CC12)C(O)(c1ccccc1)C1CCCCC1. The zero-order valence-electron chi connectivity index (χ0n) is 14.5. The van der Waals surface area contributed by atoms with E-state index in [4.69, 9.17) is 11.8 Å². The topological polar surface area (TPSA) is 52.6 Å². The van der Waals surface area contributed by atoms with E-state index < -0.39 is 5.60 Å². The number of fused-ring (bicyclic) bond motifs is 1. The normalized spacial score (nSPS) is 32.0. The van der Waals surface area contributed by atoms with E-state index in [1.54, 1.807) is 0 Å². The largest absolute Gasteiger partial charge is 0.375 e. The van der Waals surface area contributed by atoms with Gasteiger partial charge in [-0.1, -0.05) is 49.6 Å². The van der Waals surface area contributed by atoms with Crippen molar-refractivity contribution in [1.82, 2.24) is 9.74 Å². The van der Waals surface area contributed by atoms with Gasteiger partial charge in [-0.25, -0.2) is 4.42 Å². The van der Waals surface area contributed by atoms with Crippen molar-refractivity contribution in [3.05, 3.63) is 35.9 Å². The Bertz CT molecular complexity index is 607. The van der Waals surface area contributed by atoms with Crippen molar-refractivity contribution < 1.29 is 9.90 Å². The Morgan fingerprint density at radius 2 is 1.80 bits per heavy atom. The fourth-order valence-corrected chi connectivity index (χ4v) is 5.33. The number of hydrogen-bond donors (Lipinski definition) is 2. The third-order valence-electron chi connectivity index (χ3n) is 6.58. The van der Waals surface area contributed by atoms with Gasteiger partial charge < -0.3 is 10.4 Å². The van der Waals surface area contributed by atoms with Gasteiger partial charge in [-0.05, 0) is 47.9 Å². The first-order chi connectivity index (χ1) is 12.1.